The monoisotopic (exact) mass is 409 g/mol. The Morgan fingerprint density at radius 1 is 1.14 bits per heavy atom. The summed E-state index contributed by atoms with van der Waals surface area (Å²) < 4.78 is 15.2. The summed E-state index contributed by atoms with van der Waals surface area (Å²) in [5.74, 6) is -1.15. The van der Waals surface area contributed by atoms with Crippen LogP contribution in [-0.2, 0) is 19.0 Å². The molecular formula is C19H27N3O7. The minimum atomic E-state index is -0.762. The van der Waals surface area contributed by atoms with Gasteiger partial charge in [-0.2, -0.15) is 0 Å². The molecule has 0 atom stereocenters. The van der Waals surface area contributed by atoms with Crippen LogP contribution in [0.25, 0.3) is 0 Å². The van der Waals surface area contributed by atoms with Crippen LogP contribution in [0.2, 0.25) is 0 Å². The van der Waals surface area contributed by atoms with E-state index in [1.165, 1.54) is 31.3 Å². The van der Waals surface area contributed by atoms with Crippen LogP contribution >= 0.6 is 0 Å². The lowest BCUT2D eigenvalue weighted by atomic mass is 10.1. The van der Waals surface area contributed by atoms with Crippen LogP contribution in [0.4, 0.5) is 11.4 Å². The maximum absolute atomic E-state index is 12.7. The molecule has 10 nitrogen and oxygen atoms in total. The molecule has 0 bridgehead atoms. The molecule has 1 aromatic carbocycles. The minimum absolute atomic E-state index is 0.0919. The standard InChI is InChI=1S/C19H27N3O7/c1-27-11-9-21(10-12-28-2)18(23)14-29-19(24)16-13-15(22(25)26)5-6-17(16)20-7-3-4-8-20/h5-6,13H,3-4,7-12,14H2,1-2H3. The second-order valence-electron chi connectivity index (χ2n) is 6.60. The van der Waals surface area contributed by atoms with E-state index in [4.69, 9.17) is 14.2 Å². The molecule has 0 unspecified atom stereocenters. The summed E-state index contributed by atoms with van der Waals surface area (Å²) in [6.45, 7) is 2.42. The predicted molar refractivity (Wildman–Crippen MR) is 105 cm³/mol. The van der Waals surface area contributed by atoms with Crippen molar-refractivity contribution in [3.8, 4) is 0 Å². The molecule has 1 aliphatic rings. The lowest BCUT2D eigenvalue weighted by Gasteiger charge is -2.23. The van der Waals surface area contributed by atoms with Crippen molar-refractivity contribution in [1.29, 1.82) is 0 Å². The van der Waals surface area contributed by atoms with Gasteiger partial charge < -0.3 is 24.0 Å². The zero-order valence-electron chi connectivity index (χ0n) is 16.8. The molecule has 0 aliphatic carbocycles. The van der Waals surface area contributed by atoms with Crippen LogP contribution in [0.3, 0.4) is 0 Å². The second-order valence-corrected chi connectivity index (χ2v) is 6.60. The van der Waals surface area contributed by atoms with Crippen LogP contribution in [0.5, 0.6) is 0 Å². The topological polar surface area (TPSA) is 111 Å². The van der Waals surface area contributed by atoms with Gasteiger partial charge in [0.05, 0.1) is 29.4 Å². The highest BCUT2D eigenvalue weighted by Crippen LogP contribution is 2.29. The molecule has 1 heterocycles. The summed E-state index contributed by atoms with van der Waals surface area (Å²) in [4.78, 5) is 39.1. The van der Waals surface area contributed by atoms with Crippen molar-refractivity contribution in [2.75, 3.05) is 65.1 Å². The molecule has 160 valence electrons. The highest BCUT2D eigenvalue weighted by molar-refractivity contribution is 5.97. The third kappa shape index (κ3) is 6.40. The van der Waals surface area contributed by atoms with Gasteiger partial charge >= 0.3 is 5.97 Å². The largest absolute Gasteiger partial charge is 0.452 e. The molecule has 10 heteroatoms. The fourth-order valence-corrected chi connectivity index (χ4v) is 3.10. The van der Waals surface area contributed by atoms with Crippen molar-refractivity contribution in [2.24, 2.45) is 0 Å². The lowest BCUT2D eigenvalue weighted by Crippen LogP contribution is -2.39. The van der Waals surface area contributed by atoms with Gasteiger partial charge in [-0.3, -0.25) is 14.9 Å². The van der Waals surface area contributed by atoms with Crippen LogP contribution in [0.15, 0.2) is 18.2 Å². The normalized spacial score (nSPS) is 13.4. The number of ether oxygens (including phenoxy) is 3. The second kappa shape index (κ2) is 11.3. The first-order chi connectivity index (χ1) is 14.0. The van der Waals surface area contributed by atoms with E-state index >= 15 is 0 Å². The Bertz CT molecular complexity index is 712. The maximum atomic E-state index is 12.7. The van der Waals surface area contributed by atoms with Crippen molar-refractivity contribution >= 4 is 23.3 Å². The van der Waals surface area contributed by atoms with E-state index in [0.717, 1.165) is 25.9 Å². The van der Waals surface area contributed by atoms with Crippen LogP contribution in [0.1, 0.15) is 23.2 Å². The van der Waals surface area contributed by atoms with E-state index in [9.17, 15) is 19.7 Å². The number of carbonyl (C=O) groups is 2. The molecule has 0 N–H and O–H groups in total. The van der Waals surface area contributed by atoms with Gasteiger partial charge in [0.25, 0.3) is 11.6 Å². The number of rotatable bonds is 11. The zero-order chi connectivity index (χ0) is 21.2. The molecule has 0 radical (unpaired) electrons. The zero-order valence-corrected chi connectivity index (χ0v) is 16.8. The number of non-ortho nitro benzene ring substituents is 1. The van der Waals surface area contributed by atoms with Gasteiger partial charge in [0.15, 0.2) is 6.61 Å². The summed E-state index contributed by atoms with van der Waals surface area (Å²) in [6.07, 6.45) is 1.97. The average Bonchev–Trinajstić information content (AvgIpc) is 3.26. The number of nitro benzene ring substituents is 1. The Morgan fingerprint density at radius 2 is 1.76 bits per heavy atom. The Morgan fingerprint density at radius 3 is 2.31 bits per heavy atom. The van der Waals surface area contributed by atoms with Gasteiger partial charge in [0.1, 0.15) is 0 Å². The molecule has 1 fully saturated rings. The average molecular weight is 409 g/mol. The molecule has 0 saturated carbocycles. The molecule has 0 spiro atoms. The van der Waals surface area contributed by atoms with Crippen molar-refractivity contribution in [3.05, 3.63) is 33.9 Å². The Kier molecular flexibility index (Phi) is 8.81. The molecular weight excluding hydrogens is 382 g/mol. The number of esters is 1. The number of hydrogen-bond donors (Lipinski definition) is 0. The lowest BCUT2D eigenvalue weighted by molar-refractivity contribution is -0.384. The highest BCUT2D eigenvalue weighted by atomic mass is 16.6. The number of carbonyl (C=O) groups excluding carboxylic acids is 2. The molecule has 1 amide bonds. The Balaban J connectivity index is 2.10. The van der Waals surface area contributed by atoms with Gasteiger partial charge in [-0.25, -0.2) is 4.79 Å². The first-order valence-electron chi connectivity index (χ1n) is 9.44. The first kappa shape index (κ1) is 22.6. The third-order valence-corrected chi connectivity index (χ3v) is 4.67. The smallest absolute Gasteiger partial charge is 0.341 e. The van der Waals surface area contributed by atoms with Gasteiger partial charge in [0.2, 0.25) is 0 Å². The Hall–Kier alpha value is -2.72. The van der Waals surface area contributed by atoms with Crippen molar-refractivity contribution in [2.45, 2.75) is 12.8 Å². The number of anilines is 1. The van der Waals surface area contributed by atoms with E-state index in [0.29, 0.717) is 32.0 Å². The van der Waals surface area contributed by atoms with Crippen molar-refractivity contribution in [3.63, 3.8) is 0 Å². The van der Waals surface area contributed by atoms with Crippen LogP contribution in [0, 0.1) is 10.1 Å². The maximum Gasteiger partial charge on any atom is 0.341 e. The fraction of sp³-hybridized carbons (Fsp3) is 0.579. The highest BCUT2D eigenvalue weighted by Gasteiger charge is 2.24. The summed E-state index contributed by atoms with van der Waals surface area (Å²) in [6, 6.07) is 4.13. The molecule has 1 aliphatic heterocycles. The van der Waals surface area contributed by atoms with E-state index in [-0.39, 0.29) is 17.2 Å². The predicted octanol–water partition coefficient (Wildman–Crippen LogP) is 1.47. The minimum Gasteiger partial charge on any atom is -0.452 e. The molecule has 2 rings (SSSR count). The number of methoxy groups -OCH3 is 2. The number of nitro groups is 1. The number of nitrogens with zero attached hydrogens (tertiary/aromatic N) is 3. The van der Waals surface area contributed by atoms with Crippen molar-refractivity contribution < 1.29 is 28.7 Å². The van der Waals surface area contributed by atoms with Gasteiger partial charge in [-0.1, -0.05) is 0 Å². The van der Waals surface area contributed by atoms with E-state index in [1.54, 1.807) is 6.07 Å². The van der Waals surface area contributed by atoms with E-state index in [1.807, 2.05) is 4.90 Å². The summed E-state index contributed by atoms with van der Waals surface area (Å²) >= 11 is 0. The Labute approximate surface area is 169 Å². The number of hydrogen-bond acceptors (Lipinski definition) is 8. The summed E-state index contributed by atoms with van der Waals surface area (Å²) in [7, 11) is 3.06. The molecule has 1 aromatic rings. The van der Waals surface area contributed by atoms with Gasteiger partial charge in [0, 0.05) is 52.5 Å². The quantitative estimate of drug-likeness (QED) is 0.307. The molecule has 0 aromatic heterocycles. The summed E-state index contributed by atoms with van der Waals surface area (Å²) in [5.41, 5.74) is 0.475. The molecule has 29 heavy (non-hydrogen) atoms. The SMILES string of the molecule is COCCN(CCOC)C(=O)COC(=O)c1cc([N+](=O)[O-])ccc1N1CCCC1. The van der Waals surface area contributed by atoms with E-state index in [2.05, 4.69) is 0 Å². The number of amides is 1. The van der Waals surface area contributed by atoms with Crippen LogP contribution < -0.4 is 4.90 Å². The fourth-order valence-electron chi connectivity index (χ4n) is 3.10. The van der Waals surface area contributed by atoms with Crippen LogP contribution in [-0.4, -0.2) is 81.9 Å². The summed E-state index contributed by atoms with van der Waals surface area (Å²) in [5, 5.41) is 11.1. The number of benzene rings is 1. The molecule has 1 saturated heterocycles. The third-order valence-electron chi connectivity index (χ3n) is 4.67. The van der Waals surface area contributed by atoms with Gasteiger partial charge in [-0.05, 0) is 18.9 Å². The van der Waals surface area contributed by atoms with Gasteiger partial charge in [-0.15, -0.1) is 0 Å². The van der Waals surface area contributed by atoms with Crippen molar-refractivity contribution in [1.82, 2.24) is 4.90 Å². The van der Waals surface area contributed by atoms with E-state index < -0.39 is 17.5 Å². The first-order valence-corrected chi connectivity index (χ1v) is 9.44.